The van der Waals surface area contributed by atoms with Crippen molar-refractivity contribution in [1.29, 1.82) is 5.26 Å². The van der Waals surface area contributed by atoms with Crippen LogP contribution in [0.25, 0.3) is 0 Å². The molecule has 0 heterocycles. The van der Waals surface area contributed by atoms with Gasteiger partial charge in [-0.1, -0.05) is 46.3 Å². The third-order valence-corrected chi connectivity index (χ3v) is 3.63. The summed E-state index contributed by atoms with van der Waals surface area (Å²) in [5.41, 5.74) is 1.54. The molecule has 0 fully saturated rings. The minimum absolute atomic E-state index is 0.364. The predicted octanol–water partition coefficient (Wildman–Crippen LogP) is 4.24. The van der Waals surface area contributed by atoms with Crippen LogP contribution < -0.4 is 5.32 Å². The Morgan fingerprint density at radius 2 is 1.95 bits per heavy atom. The fraction of sp³-hybridized carbons (Fsp3) is 0.0667. The van der Waals surface area contributed by atoms with Crippen molar-refractivity contribution in [2.24, 2.45) is 0 Å². The Labute approximate surface area is 130 Å². The molecule has 1 unspecified atom stereocenters. The van der Waals surface area contributed by atoms with Crippen molar-refractivity contribution in [2.75, 3.05) is 5.32 Å². The van der Waals surface area contributed by atoms with Gasteiger partial charge in [-0.3, -0.25) is 4.79 Å². The van der Waals surface area contributed by atoms with Crippen LogP contribution in [0.5, 0.6) is 0 Å². The maximum absolute atomic E-state index is 12.1. The smallest absolute Gasteiger partial charge is 0.247 e. The largest absolute Gasteiger partial charge is 0.323 e. The number of carbonyl (C=O) groups excluding carboxylic acids is 1. The predicted molar refractivity (Wildman–Crippen MR) is 82.5 cm³/mol. The number of hydrogen-bond donors (Lipinski definition) is 1. The highest BCUT2D eigenvalue weighted by atomic mass is 79.9. The van der Waals surface area contributed by atoms with Gasteiger partial charge in [0.05, 0.1) is 11.3 Å². The van der Waals surface area contributed by atoms with E-state index in [2.05, 4.69) is 21.2 Å². The van der Waals surface area contributed by atoms with Crippen LogP contribution in [0.3, 0.4) is 0 Å². The summed E-state index contributed by atoms with van der Waals surface area (Å²) >= 11 is 9.41. The fourth-order valence-corrected chi connectivity index (χ4v) is 2.25. The van der Waals surface area contributed by atoms with Gasteiger partial charge in [-0.15, -0.1) is 11.6 Å². The first-order valence-corrected chi connectivity index (χ1v) is 7.04. The number of amides is 1. The minimum atomic E-state index is -0.800. The molecule has 0 saturated heterocycles. The Balaban J connectivity index is 2.19. The third kappa shape index (κ3) is 3.38. The van der Waals surface area contributed by atoms with Gasteiger partial charge in [0.2, 0.25) is 5.91 Å². The molecule has 100 valence electrons. The molecule has 1 N–H and O–H groups in total. The van der Waals surface area contributed by atoms with Crippen molar-refractivity contribution in [3.05, 3.63) is 64.1 Å². The topological polar surface area (TPSA) is 52.9 Å². The summed E-state index contributed by atoms with van der Waals surface area (Å²) in [4.78, 5) is 12.1. The molecule has 2 aromatic carbocycles. The standard InChI is InChI=1S/C15H10BrClN2O/c16-12-6-7-13(11(8-12)9-18)19-15(20)14(17)10-4-2-1-3-5-10/h1-8,14H,(H,19,20). The van der Waals surface area contributed by atoms with E-state index in [1.807, 2.05) is 24.3 Å². The molecule has 3 nitrogen and oxygen atoms in total. The highest BCUT2D eigenvalue weighted by Crippen LogP contribution is 2.25. The molecular formula is C15H10BrClN2O. The van der Waals surface area contributed by atoms with Gasteiger partial charge < -0.3 is 5.32 Å². The first kappa shape index (κ1) is 14.6. The van der Waals surface area contributed by atoms with E-state index in [-0.39, 0.29) is 5.91 Å². The Morgan fingerprint density at radius 1 is 1.25 bits per heavy atom. The van der Waals surface area contributed by atoms with Gasteiger partial charge in [0.25, 0.3) is 0 Å². The van der Waals surface area contributed by atoms with Gasteiger partial charge in [0, 0.05) is 4.47 Å². The molecule has 5 heteroatoms. The van der Waals surface area contributed by atoms with Gasteiger partial charge >= 0.3 is 0 Å². The molecular weight excluding hydrogens is 340 g/mol. The van der Waals surface area contributed by atoms with E-state index in [4.69, 9.17) is 16.9 Å². The third-order valence-electron chi connectivity index (χ3n) is 2.68. The molecule has 1 amide bonds. The van der Waals surface area contributed by atoms with Crippen LogP contribution in [0, 0.1) is 11.3 Å². The highest BCUT2D eigenvalue weighted by molar-refractivity contribution is 9.10. The SMILES string of the molecule is N#Cc1cc(Br)ccc1NC(=O)C(Cl)c1ccccc1. The number of halogens is 2. The molecule has 0 aliphatic carbocycles. The molecule has 0 bridgehead atoms. The van der Waals surface area contributed by atoms with E-state index in [0.717, 1.165) is 4.47 Å². The second kappa shape index (κ2) is 6.56. The summed E-state index contributed by atoms with van der Waals surface area (Å²) in [6, 6.07) is 16.1. The number of nitrogens with zero attached hydrogens (tertiary/aromatic N) is 1. The molecule has 2 aromatic rings. The van der Waals surface area contributed by atoms with Gasteiger partial charge in [-0.2, -0.15) is 5.26 Å². The summed E-state index contributed by atoms with van der Waals surface area (Å²) in [6.45, 7) is 0. The summed E-state index contributed by atoms with van der Waals surface area (Å²) in [5, 5.41) is 10.9. The number of anilines is 1. The molecule has 20 heavy (non-hydrogen) atoms. The molecule has 0 aliphatic rings. The van der Waals surface area contributed by atoms with E-state index in [9.17, 15) is 4.79 Å². The number of rotatable bonds is 3. The minimum Gasteiger partial charge on any atom is -0.323 e. The maximum atomic E-state index is 12.1. The fourth-order valence-electron chi connectivity index (χ4n) is 1.69. The van der Waals surface area contributed by atoms with Crippen molar-refractivity contribution < 1.29 is 4.79 Å². The number of benzene rings is 2. The van der Waals surface area contributed by atoms with Gasteiger partial charge in [0.15, 0.2) is 0 Å². The lowest BCUT2D eigenvalue weighted by atomic mass is 10.1. The lowest BCUT2D eigenvalue weighted by Gasteiger charge is -2.12. The van der Waals surface area contributed by atoms with Crippen molar-refractivity contribution in [1.82, 2.24) is 0 Å². The van der Waals surface area contributed by atoms with Crippen molar-refractivity contribution in [2.45, 2.75) is 5.38 Å². The molecule has 0 aromatic heterocycles. The second-order valence-electron chi connectivity index (χ2n) is 4.06. The van der Waals surface area contributed by atoms with Crippen LogP contribution in [-0.2, 0) is 4.79 Å². The second-order valence-corrected chi connectivity index (χ2v) is 5.42. The molecule has 0 radical (unpaired) electrons. The molecule has 0 aliphatic heterocycles. The lowest BCUT2D eigenvalue weighted by Crippen LogP contribution is -2.18. The Bertz CT molecular complexity index is 667. The summed E-state index contributed by atoms with van der Waals surface area (Å²) < 4.78 is 0.775. The molecule has 1 atom stereocenters. The summed E-state index contributed by atoms with van der Waals surface area (Å²) in [6.07, 6.45) is 0. The average Bonchev–Trinajstić information content (AvgIpc) is 2.49. The van der Waals surface area contributed by atoms with E-state index in [1.54, 1.807) is 30.3 Å². The Morgan fingerprint density at radius 3 is 2.60 bits per heavy atom. The van der Waals surface area contributed by atoms with Crippen LogP contribution in [0.2, 0.25) is 0 Å². The highest BCUT2D eigenvalue weighted by Gasteiger charge is 2.18. The van der Waals surface area contributed by atoms with Crippen LogP contribution >= 0.6 is 27.5 Å². The van der Waals surface area contributed by atoms with Gasteiger partial charge in [-0.25, -0.2) is 0 Å². The van der Waals surface area contributed by atoms with Crippen LogP contribution in [0.1, 0.15) is 16.5 Å². The number of nitrogens with one attached hydrogen (secondary N) is 1. The van der Waals surface area contributed by atoms with E-state index < -0.39 is 5.38 Å². The average molecular weight is 350 g/mol. The zero-order chi connectivity index (χ0) is 14.5. The van der Waals surface area contributed by atoms with Crippen molar-refractivity contribution >= 4 is 39.1 Å². The van der Waals surface area contributed by atoms with Crippen LogP contribution in [-0.4, -0.2) is 5.91 Å². The Hall–Kier alpha value is -1.83. The first-order chi connectivity index (χ1) is 9.61. The van der Waals surface area contributed by atoms with Gasteiger partial charge in [0.1, 0.15) is 11.4 Å². The maximum Gasteiger partial charge on any atom is 0.247 e. The molecule has 0 saturated carbocycles. The lowest BCUT2D eigenvalue weighted by molar-refractivity contribution is -0.116. The normalized spacial score (nSPS) is 11.4. The first-order valence-electron chi connectivity index (χ1n) is 5.81. The Kier molecular flexibility index (Phi) is 4.78. The molecule has 2 rings (SSSR count). The van der Waals surface area contributed by atoms with E-state index in [0.29, 0.717) is 16.8 Å². The number of nitriles is 1. The van der Waals surface area contributed by atoms with E-state index >= 15 is 0 Å². The van der Waals surface area contributed by atoms with Crippen LogP contribution in [0.15, 0.2) is 53.0 Å². The summed E-state index contributed by atoms with van der Waals surface area (Å²) in [7, 11) is 0. The van der Waals surface area contributed by atoms with Gasteiger partial charge in [-0.05, 0) is 23.8 Å². The monoisotopic (exact) mass is 348 g/mol. The van der Waals surface area contributed by atoms with Crippen LogP contribution in [0.4, 0.5) is 5.69 Å². The number of alkyl halides is 1. The summed E-state index contributed by atoms with van der Waals surface area (Å²) in [5.74, 6) is -0.364. The zero-order valence-corrected chi connectivity index (χ0v) is 12.6. The number of hydrogen-bond acceptors (Lipinski definition) is 2. The zero-order valence-electron chi connectivity index (χ0n) is 10.3. The van der Waals surface area contributed by atoms with Crippen molar-refractivity contribution in [3.63, 3.8) is 0 Å². The number of carbonyl (C=O) groups is 1. The molecule has 0 spiro atoms. The van der Waals surface area contributed by atoms with E-state index in [1.165, 1.54) is 0 Å². The quantitative estimate of drug-likeness (QED) is 0.843. The van der Waals surface area contributed by atoms with Crippen molar-refractivity contribution in [3.8, 4) is 6.07 Å².